The highest BCUT2D eigenvalue weighted by Crippen LogP contribution is 2.34. The lowest BCUT2D eigenvalue weighted by atomic mass is 10.0. The Labute approximate surface area is 169 Å². The van der Waals surface area contributed by atoms with Crippen LogP contribution >= 0.6 is 0 Å². The third-order valence-corrected chi connectivity index (χ3v) is 6.09. The molecule has 2 aromatic carbocycles. The van der Waals surface area contributed by atoms with Crippen LogP contribution in [-0.4, -0.2) is 25.5 Å². The van der Waals surface area contributed by atoms with Gasteiger partial charge in [0, 0.05) is 12.5 Å². The fraction of sp³-hybridized carbons (Fsp3) is 0.250. The number of rotatable bonds is 6. The van der Waals surface area contributed by atoms with Crippen LogP contribution in [0.2, 0.25) is 0 Å². The highest BCUT2D eigenvalue weighted by molar-refractivity contribution is 7.91. The molecule has 0 aliphatic carbocycles. The third-order valence-electron chi connectivity index (χ3n) is 4.80. The molecule has 0 bridgehead atoms. The maximum absolute atomic E-state index is 12.3. The first kappa shape index (κ1) is 19.1. The van der Waals surface area contributed by atoms with Crippen LogP contribution in [0.15, 0.2) is 60.6 Å². The van der Waals surface area contributed by atoms with Crippen molar-refractivity contribution in [3.05, 3.63) is 71.7 Å². The van der Waals surface area contributed by atoms with Crippen LogP contribution in [0.25, 0.3) is 0 Å². The van der Waals surface area contributed by atoms with E-state index in [2.05, 4.69) is 5.32 Å². The molecule has 152 valence electrons. The number of hydrogen-bond donors (Lipinski definition) is 3. The highest BCUT2D eigenvalue weighted by atomic mass is 32.2. The molecule has 0 radical (unpaired) electrons. The zero-order chi connectivity index (χ0) is 20.4. The first-order valence-electron chi connectivity index (χ1n) is 9.23. The molecule has 1 saturated heterocycles. The Morgan fingerprint density at radius 3 is 2.59 bits per heavy atom. The van der Waals surface area contributed by atoms with Gasteiger partial charge in [-0.15, -0.1) is 0 Å². The molecule has 0 spiro atoms. The number of benzene rings is 2. The first-order valence-corrected chi connectivity index (χ1v) is 10.7. The molecule has 1 atom stereocenters. The summed E-state index contributed by atoms with van der Waals surface area (Å²) in [5.41, 5.74) is 2.14. The van der Waals surface area contributed by atoms with Crippen molar-refractivity contribution < 1.29 is 23.1 Å². The predicted octanol–water partition coefficient (Wildman–Crippen LogP) is 2.10. The predicted molar refractivity (Wildman–Crippen MR) is 107 cm³/mol. The van der Waals surface area contributed by atoms with Crippen molar-refractivity contribution in [1.82, 2.24) is 10.0 Å². The molecule has 29 heavy (non-hydrogen) atoms. The van der Waals surface area contributed by atoms with Gasteiger partial charge in [0.15, 0.2) is 0 Å². The van der Waals surface area contributed by atoms with Gasteiger partial charge in [0.05, 0.1) is 6.20 Å². The molecule has 0 saturated carbocycles. The summed E-state index contributed by atoms with van der Waals surface area (Å²) < 4.78 is 33.5. The monoisotopic (exact) mass is 415 g/mol. The van der Waals surface area contributed by atoms with E-state index in [1.807, 2.05) is 35.1 Å². The normalized spacial score (nSPS) is 20.1. The fourth-order valence-electron chi connectivity index (χ4n) is 3.42. The molecule has 3 N–H and O–H groups in total. The molecule has 9 heteroatoms. The molecule has 1 amide bonds. The van der Waals surface area contributed by atoms with Gasteiger partial charge in [-0.2, -0.15) is 8.42 Å². The molecule has 0 aromatic heterocycles. The van der Waals surface area contributed by atoms with E-state index in [0.29, 0.717) is 18.6 Å². The summed E-state index contributed by atoms with van der Waals surface area (Å²) in [5, 5.41) is 12.5. The van der Waals surface area contributed by atoms with E-state index in [-0.39, 0.29) is 24.2 Å². The van der Waals surface area contributed by atoms with Gasteiger partial charge >= 0.3 is 10.2 Å². The molecular formula is C20H21N3O5S. The maximum Gasteiger partial charge on any atom is 0.330 e. The number of aliphatic hydroxyl groups excluding tert-OH is 1. The van der Waals surface area contributed by atoms with Crippen LogP contribution in [0.3, 0.4) is 0 Å². The maximum atomic E-state index is 12.3. The van der Waals surface area contributed by atoms with Crippen molar-refractivity contribution in [3.8, 4) is 5.75 Å². The van der Waals surface area contributed by atoms with Gasteiger partial charge in [0.2, 0.25) is 11.8 Å². The summed E-state index contributed by atoms with van der Waals surface area (Å²) in [6.07, 6.45) is 3.00. The van der Waals surface area contributed by atoms with Crippen LogP contribution < -0.4 is 19.1 Å². The molecule has 2 aliphatic heterocycles. The zero-order valence-electron chi connectivity index (χ0n) is 15.5. The summed E-state index contributed by atoms with van der Waals surface area (Å²) in [6.45, 7) is 0.258. The number of amides is 1. The molecule has 1 unspecified atom stereocenters. The van der Waals surface area contributed by atoms with Gasteiger partial charge in [-0.05, 0) is 36.1 Å². The van der Waals surface area contributed by atoms with Crippen molar-refractivity contribution in [2.45, 2.75) is 31.9 Å². The second kappa shape index (κ2) is 7.67. The van der Waals surface area contributed by atoms with Crippen molar-refractivity contribution in [1.29, 1.82) is 0 Å². The number of carbonyl (C=O) groups excluding carboxylic acids is 1. The lowest BCUT2D eigenvalue weighted by Gasteiger charge is -2.20. The quantitative estimate of drug-likeness (QED) is 0.670. The topological polar surface area (TPSA) is 108 Å². The van der Waals surface area contributed by atoms with Gasteiger partial charge in [-0.1, -0.05) is 36.4 Å². The molecule has 8 nitrogen and oxygen atoms in total. The van der Waals surface area contributed by atoms with Crippen molar-refractivity contribution >= 4 is 21.8 Å². The van der Waals surface area contributed by atoms with E-state index >= 15 is 0 Å². The van der Waals surface area contributed by atoms with Crippen LogP contribution in [0, 0.1) is 0 Å². The van der Waals surface area contributed by atoms with Crippen molar-refractivity contribution in [3.63, 3.8) is 0 Å². The van der Waals surface area contributed by atoms with E-state index in [0.717, 1.165) is 28.1 Å². The second-order valence-electron chi connectivity index (χ2n) is 7.00. The summed E-state index contributed by atoms with van der Waals surface area (Å²) in [6, 6.07) is 14.8. The summed E-state index contributed by atoms with van der Waals surface area (Å²) in [7, 11) is -3.93. The van der Waals surface area contributed by atoms with Crippen molar-refractivity contribution in [2.24, 2.45) is 0 Å². The first-order chi connectivity index (χ1) is 13.9. The Balaban J connectivity index is 1.63. The lowest BCUT2D eigenvalue weighted by molar-refractivity contribution is -0.119. The third kappa shape index (κ3) is 4.29. The van der Waals surface area contributed by atoms with E-state index in [9.17, 15) is 18.3 Å². The van der Waals surface area contributed by atoms with E-state index in [1.165, 1.54) is 0 Å². The Morgan fingerprint density at radius 1 is 1.14 bits per heavy atom. The molecular weight excluding hydrogens is 394 g/mol. The Morgan fingerprint density at radius 2 is 1.93 bits per heavy atom. The van der Waals surface area contributed by atoms with Crippen LogP contribution in [0.1, 0.15) is 24.0 Å². The van der Waals surface area contributed by atoms with Crippen LogP contribution in [-0.2, 0) is 28.0 Å². The average molecular weight is 415 g/mol. The lowest BCUT2D eigenvalue weighted by Crippen LogP contribution is -2.30. The molecule has 1 fully saturated rings. The Kier molecular flexibility index (Phi) is 5.06. The standard InChI is InChI=1S/C20H21N3O5S/c24-19-9-7-16(21-19)10-15-6-8-17(23-12-20(25)22-29(23,26)27)18(11-15)28-13-14-4-2-1-3-5-14/h1-6,8,11-12,16,22,25H,7,9-10,13H2,(H,21,24). The summed E-state index contributed by atoms with van der Waals surface area (Å²) in [4.78, 5) is 11.5. The van der Waals surface area contributed by atoms with Gasteiger partial charge in [-0.3, -0.25) is 4.79 Å². The number of nitrogens with one attached hydrogen (secondary N) is 2. The van der Waals surface area contributed by atoms with Crippen molar-refractivity contribution in [2.75, 3.05) is 4.31 Å². The minimum Gasteiger partial charge on any atom is -0.493 e. The van der Waals surface area contributed by atoms with Gasteiger partial charge in [0.25, 0.3) is 0 Å². The van der Waals surface area contributed by atoms with Gasteiger partial charge in [0.1, 0.15) is 18.0 Å². The smallest absolute Gasteiger partial charge is 0.330 e. The fourth-order valence-corrected chi connectivity index (χ4v) is 4.48. The molecule has 2 aliphatic rings. The number of carbonyl (C=O) groups is 1. The number of ether oxygens (including phenoxy) is 1. The summed E-state index contributed by atoms with van der Waals surface area (Å²) >= 11 is 0. The minimum atomic E-state index is -3.93. The second-order valence-corrected chi connectivity index (χ2v) is 8.55. The SMILES string of the molecule is O=C1CCC(Cc2ccc(N3C=C(O)NS3(=O)=O)c(OCc3ccccc3)c2)N1. The average Bonchev–Trinajstić information content (AvgIpc) is 3.22. The van der Waals surface area contributed by atoms with Gasteiger partial charge in [-0.25, -0.2) is 9.03 Å². The number of nitrogens with zero attached hydrogens (tertiary/aromatic N) is 1. The Hall–Kier alpha value is -3.20. The molecule has 2 aromatic rings. The van der Waals surface area contributed by atoms with Crippen LogP contribution in [0.5, 0.6) is 5.75 Å². The zero-order valence-corrected chi connectivity index (χ0v) is 16.4. The number of anilines is 1. The van der Waals surface area contributed by atoms with Gasteiger partial charge < -0.3 is 15.2 Å². The Bertz CT molecular complexity index is 1050. The summed E-state index contributed by atoms with van der Waals surface area (Å²) in [5.74, 6) is -0.0502. The molecule has 4 rings (SSSR count). The highest BCUT2D eigenvalue weighted by Gasteiger charge is 2.31. The van der Waals surface area contributed by atoms with E-state index < -0.39 is 16.1 Å². The number of hydrogen-bond acceptors (Lipinski definition) is 5. The molecule has 2 heterocycles. The number of aliphatic hydroxyl groups is 1. The largest absolute Gasteiger partial charge is 0.493 e. The van der Waals surface area contributed by atoms with E-state index in [4.69, 9.17) is 4.74 Å². The minimum absolute atomic E-state index is 0.0435. The van der Waals surface area contributed by atoms with E-state index in [1.54, 1.807) is 18.2 Å². The van der Waals surface area contributed by atoms with Crippen LogP contribution in [0.4, 0.5) is 5.69 Å².